The number of carbonyl (C=O) groups is 2. The van der Waals surface area contributed by atoms with E-state index in [2.05, 4.69) is 20.8 Å². The third-order valence-corrected chi connectivity index (χ3v) is 5.60. The van der Waals surface area contributed by atoms with Gasteiger partial charge in [0, 0.05) is 24.6 Å². The van der Waals surface area contributed by atoms with Gasteiger partial charge in [-0.25, -0.2) is 4.79 Å². The van der Waals surface area contributed by atoms with E-state index in [0.717, 1.165) is 10.6 Å². The molecule has 3 aromatic rings. The summed E-state index contributed by atoms with van der Waals surface area (Å²) in [5, 5.41) is 12.4. The highest BCUT2D eigenvalue weighted by Crippen LogP contribution is 2.21. The number of carbonyl (C=O) groups excluding carboxylic acids is 2. The monoisotopic (exact) mass is 411 g/mol. The van der Waals surface area contributed by atoms with Crippen molar-refractivity contribution in [2.45, 2.75) is 19.4 Å². The second-order valence-corrected chi connectivity index (χ2v) is 7.71. The van der Waals surface area contributed by atoms with Crippen molar-refractivity contribution in [3.8, 4) is 11.4 Å². The van der Waals surface area contributed by atoms with Crippen molar-refractivity contribution < 1.29 is 14.1 Å². The van der Waals surface area contributed by atoms with E-state index in [1.807, 2.05) is 47.8 Å². The van der Waals surface area contributed by atoms with Crippen molar-refractivity contribution in [2.24, 2.45) is 5.92 Å². The minimum Gasteiger partial charge on any atom is -0.347 e. The lowest BCUT2D eigenvalue weighted by Gasteiger charge is -2.31. The van der Waals surface area contributed by atoms with Gasteiger partial charge in [0.05, 0.1) is 11.5 Å². The first-order chi connectivity index (χ1) is 14.2. The van der Waals surface area contributed by atoms with Gasteiger partial charge in [-0.05, 0) is 30.4 Å². The summed E-state index contributed by atoms with van der Waals surface area (Å²) in [6.07, 6.45) is 1.26. The van der Waals surface area contributed by atoms with Gasteiger partial charge in [0.1, 0.15) is 0 Å². The minimum atomic E-state index is -0.127. The molecule has 1 aliphatic rings. The fraction of sp³-hybridized carbons (Fsp3) is 0.300. The number of anilines is 1. The fourth-order valence-corrected chi connectivity index (χ4v) is 3.82. The van der Waals surface area contributed by atoms with Gasteiger partial charge in [-0.1, -0.05) is 35.5 Å². The molecule has 0 spiro atoms. The first kappa shape index (κ1) is 19.1. The molecule has 1 fully saturated rings. The Bertz CT molecular complexity index is 950. The average molecular weight is 411 g/mol. The van der Waals surface area contributed by atoms with Crippen LogP contribution in [0.5, 0.6) is 0 Å². The summed E-state index contributed by atoms with van der Waals surface area (Å²) in [4.78, 5) is 30.8. The SMILES string of the molecule is O=C(NCc1nc(-c2ccccc2)no1)C1CCN(C(=O)Nc2cccs2)CC1. The minimum absolute atomic E-state index is 0.0530. The van der Waals surface area contributed by atoms with E-state index in [1.165, 1.54) is 11.3 Å². The number of aromatic nitrogens is 2. The molecule has 0 radical (unpaired) electrons. The third-order valence-electron chi connectivity index (χ3n) is 4.82. The maximum atomic E-state index is 12.5. The zero-order valence-corrected chi connectivity index (χ0v) is 16.5. The number of thiophene rings is 1. The highest BCUT2D eigenvalue weighted by Gasteiger charge is 2.27. The molecule has 2 aromatic heterocycles. The number of hydrogen-bond donors (Lipinski definition) is 2. The van der Waals surface area contributed by atoms with Gasteiger partial charge in [0.2, 0.25) is 17.6 Å². The maximum Gasteiger partial charge on any atom is 0.322 e. The van der Waals surface area contributed by atoms with E-state index in [-0.39, 0.29) is 24.4 Å². The first-order valence-corrected chi connectivity index (χ1v) is 10.3. The number of rotatable bonds is 5. The van der Waals surface area contributed by atoms with E-state index in [1.54, 1.807) is 4.90 Å². The molecule has 3 amide bonds. The van der Waals surface area contributed by atoms with Crippen molar-refractivity contribution in [1.29, 1.82) is 0 Å². The maximum absolute atomic E-state index is 12.5. The Morgan fingerprint density at radius 2 is 1.93 bits per heavy atom. The fourth-order valence-electron chi connectivity index (χ4n) is 3.22. The largest absolute Gasteiger partial charge is 0.347 e. The summed E-state index contributed by atoms with van der Waals surface area (Å²) in [6.45, 7) is 1.29. The van der Waals surface area contributed by atoms with Crippen LogP contribution in [0.25, 0.3) is 11.4 Å². The third kappa shape index (κ3) is 4.80. The Kier molecular flexibility index (Phi) is 5.85. The van der Waals surface area contributed by atoms with Crippen LogP contribution in [-0.2, 0) is 11.3 Å². The molecule has 29 heavy (non-hydrogen) atoms. The summed E-state index contributed by atoms with van der Waals surface area (Å²) >= 11 is 1.48. The van der Waals surface area contributed by atoms with E-state index in [4.69, 9.17) is 4.52 Å². The zero-order valence-electron chi connectivity index (χ0n) is 15.7. The van der Waals surface area contributed by atoms with Gasteiger partial charge < -0.3 is 14.7 Å². The van der Waals surface area contributed by atoms with Gasteiger partial charge in [-0.3, -0.25) is 10.1 Å². The zero-order chi connectivity index (χ0) is 20.1. The topological polar surface area (TPSA) is 100 Å². The summed E-state index contributed by atoms with van der Waals surface area (Å²) in [5.41, 5.74) is 0.863. The summed E-state index contributed by atoms with van der Waals surface area (Å²) in [6, 6.07) is 13.2. The summed E-state index contributed by atoms with van der Waals surface area (Å²) in [5.74, 6) is 0.685. The Morgan fingerprint density at radius 3 is 2.66 bits per heavy atom. The smallest absolute Gasteiger partial charge is 0.322 e. The molecule has 0 bridgehead atoms. The standard InChI is InChI=1S/C20H21N5O3S/c26-19(21-13-16-22-18(24-28-16)14-5-2-1-3-6-14)15-8-10-25(11-9-15)20(27)23-17-7-4-12-29-17/h1-7,12,15H,8-11,13H2,(H,21,26)(H,23,27). The number of nitrogens with zero attached hydrogens (tertiary/aromatic N) is 3. The molecule has 1 saturated heterocycles. The van der Waals surface area contributed by atoms with Gasteiger partial charge in [0.25, 0.3) is 0 Å². The number of urea groups is 1. The highest BCUT2D eigenvalue weighted by molar-refractivity contribution is 7.14. The van der Waals surface area contributed by atoms with Crippen molar-refractivity contribution in [2.75, 3.05) is 18.4 Å². The van der Waals surface area contributed by atoms with E-state index < -0.39 is 0 Å². The van der Waals surface area contributed by atoms with E-state index >= 15 is 0 Å². The molecule has 3 heterocycles. The summed E-state index contributed by atoms with van der Waals surface area (Å²) in [7, 11) is 0. The quantitative estimate of drug-likeness (QED) is 0.671. The van der Waals surface area contributed by atoms with E-state index in [9.17, 15) is 9.59 Å². The van der Waals surface area contributed by atoms with Gasteiger partial charge in [-0.2, -0.15) is 4.98 Å². The van der Waals surface area contributed by atoms with Crippen molar-refractivity contribution in [3.63, 3.8) is 0 Å². The average Bonchev–Trinajstić information content (AvgIpc) is 3.45. The molecule has 4 rings (SSSR count). The van der Waals surface area contributed by atoms with Crippen molar-refractivity contribution in [1.82, 2.24) is 20.4 Å². The number of nitrogens with one attached hydrogen (secondary N) is 2. The first-order valence-electron chi connectivity index (χ1n) is 9.44. The Morgan fingerprint density at radius 1 is 1.14 bits per heavy atom. The Hall–Kier alpha value is -3.20. The lowest BCUT2D eigenvalue weighted by atomic mass is 9.96. The Balaban J connectivity index is 1.23. The van der Waals surface area contributed by atoms with Crippen molar-refractivity contribution in [3.05, 3.63) is 53.7 Å². The molecule has 0 saturated carbocycles. The molecule has 2 N–H and O–H groups in total. The lowest BCUT2D eigenvalue weighted by molar-refractivity contribution is -0.126. The van der Waals surface area contributed by atoms with Crippen LogP contribution < -0.4 is 10.6 Å². The molecule has 8 nitrogen and oxygen atoms in total. The Labute approximate surface area is 171 Å². The number of hydrogen-bond acceptors (Lipinski definition) is 6. The molecular weight excluding hydrogens is 390 g/mol. The van der Waals surface area contributed by atoms with Crippen LogP contribution in [0, 0.1) is 5.92 Å². The van der Waals surface area contributed by atoms with Gasteiger partial charge >= 0.3 is 6.03 Å². The molecule has 1 aliphatic heterocycles. The van der Waals surface area contributed by atoms with Gasteiger partial charge in [0.15, 0.2) is 0 Å². The van der Waals surface area contributed by atoms with E-state index in [0.29, 0.717) is 37.6 Å². The second kappa shape index (κ2) is 8.87. The summed E-state index contributed by atoms with van der Waals surface area (Å²) < 4.78 is 5.22. The van der Waals surface area contributed by atoms with Crippen LogP contribution in [0.3, 0.4) is 0 Å². The number of benzene rings is 1. The molecule has 9 heteroatoms. The molecular formula is C20H21N5O3S. The molecule has 150 valence electrons. The van der Waals surface area contributed by atoms with Crippen LogP contribution in [0.4, 0.5) is 9.80 Å². The number of likely N-dealkylation sites (tertiary alicyclic amines) is 1. The second-order valence-electron chi connectivity index (χ2n) is 6.76. The predicted molar refractivity (Wildman–Crippen MR) is 109 cm³/mol. The highest BCUT2D eigenvalue weighted by atomic mass is 32.1. The van der Waals surface area contributed by atoms with Crippen LogP contribution in [0.15, 0.2) is 52.4 Å². The van der Waals surface area contributed by atoms with Crippen LogP contribution in [0.2, 0.25) is 0 Å². The number of amides is 3. The predicted octanol–water partition coefficient (Wildman–Crippen LogP) is 3.36. The van der Waals surface area contributed by atoms with Crippen LogP contribution in [-0.4, -0.2) is 40.1 Å². The molecule has 0 aliphatic carbocycles. The number of piperidine rings is 1. The van der Waals surface area contributed by atoms with Crippen LogP contribution >= 0.6 is 11.3 Å². The lowest BCUT2D eigenvalue weighted by Crippen LogP contribution is -2.44. The molecule has 0 unspecified atom stereocenters. The molecule has 0 atom stereocenters. The van der Waals surface area contributed by atoms with Crippen LogP contribution in [0.1, 0.15) is 18.7 Å². The van der Waals surface area contributed by atoms with Crippen molar-refractivity contribution >= 4 is 28.3 Å². The molecule has 1 aromatic carbocycles. The van der Waals surface area contributed by atoms with Gasteiger partial charge in [-0.15, -0.1) is 11.3 Å². The normalized spacial score (nSPS) is 14.6.